The summed E-state index contributed by atoms with van der Waals surface area (Å²) in [4.78, 5) is 0. The van der Waals surface area contributed by atoms with Gasteiger partial charge in [-0.1, -0.05) is 26.0 Å². The maximum atomic E-state index is 8.84. The Morgan fingerprint density at radius 3 is 2.55 bits per heavy atom. The molecule has 0 saturated heterocycles. The van der Waals surface area contributed by atoms with E-state index in [4.69, 9.17) is 5.26 Å². The molecule has 0 atom stereocenters. The summed E-state index contributed by atoms with van der Waals surface area (Å²) in [7, 11) is 0. The van der Waals surface area contributed by atoms with E-state index in [0.29, 0.717) is 18.3 Å². The monoisotopic (exact) mass is 265 g/mol. The SMILES string of the molecule is CC(C)c1ccc(-n2nc(CC#N)cc2C2CC2)cc1. The molecule has 3 rings (SSSR count). The Morgan fingerprint density at radius 2 is 2.00 bits per heavy atom. The van der Waals surface area contributed by atoms with Crippen LogP contribution in [0.4, 0.5) is 0 Å². The van der Waals surface area contributed by atoms with Crippen LogP contribution in [-0.2, 0) is 6.42 Å². The first-order valence-corrected chi connectivity index (χ1v) is 7.25. The van der Waals surface area contributed by atoms with Crippen molar-refractivity contribution < 1.29 is 0 Å². The van der Waals surface area contributed by atoms with Crippen LogP contribution in [0.3, 0.4) is 0 Å². The van der Waals surface area contributed by atoms with Crippen LogP contribution in [-0.4, -0.2) is 9.78 Å². The summed E-state index contributed by atoms with van der Waals surface area (Å²) in [6, 6.07) is 12.9. The van der Waals surface area contributed by atoms with Crippen LogP contribution in [0.2, 0.25) is 0 Å². The maximum Gasteiger partial charge on any atom is 0.0793 e. The molecule has 0 N–H and O–H groups in total. The summed E-state index contributed by atoms with van der Waals surface area (Å²) in [5.41, 5.74) is 4.57. The van der Waals surface area contributed by atoms with Gasteiger partial charge in [0.15, 0.2) is 0 Å². The first-order valence-electron chi connectivity index (χ1n) is 7.25. The van der Waals surface area contributed by atoms with Gasteiger partial charge in [-0.05, 0) is 42.5 Å². The highest BCUT2D eigenvalue weighted by molar-refractivity contribution is 5.38. The zero-order valence-corrected chi connectivity index (χ0v) is 12.0. The van der Waals surface area contributed by atoms with Crippen molar-refractivity contribution in [2.24, 2.45) is 0 Å². The van der Waals surface area contributed by atoms with E-state index in [2.05, 4.69) is 55.3 Å². The molecule has 1 fully saturated rings. The highest BCUT2D eigenvalue weighted by Crippen LogP contribution is 2.41. The van der Waals surface area contributed by atoms with Gasteiger partial charge in [0.05, 0.1) is 23.9 Å². The summed E-state index contributed by atoms with van der Waals surface area (Å²) < 4.78 is 2.02. The van der Waals surface area contributed by atoms with E-state index in [0.717, 1.165) is 11.4 Å². The Morgan fingerprint density at radius 1 is 1.30 bits per heavy atom. The molecule has 3 nitrogen and oxygen atoms in total. The molecule has 0 radical (unpaired) electrons. The topological polar surface area (TPSA) is 41.6 Å². The summed E-state index contributed by atoms with van der Waals surface area (Å²) in [5.74, 6) is 1.17. The molecule has 102 valence electrons. The maximum absolute atomic E-state index is 8.84. The smallest absolute Gasteiger partial charge is 0.0793 e. The number of nitrogens with zero attached hydrogens (tertiary/aromatic N) is 3. The van der Waals surface area contributed by atoms with Crippen LogP contribution >= 0.6 is 0 Å². The van der Waals surface area contributed by atoms with E-state index >= 15 is 0 Å². The molecule has 0 unspecified atom stereocenters. The average molecular weight is 265 g/mol. The lowest BCUT2D eigenvalue weighted by Crippen LogP contribution is -2.02. The molecule has 1 aliphatic rings. The van der Waals surface area contributed by atoms with Crippen molar-refractivity contribution in [1.29, 1.82) is 5.26 Å². The lowest BCUT2D eigenvalue weighted by Gasteiger charge is -2.09. The van der Waals surface area contributed by atoms with Crippen molar-refractivity contribution in [3.63, 3.8) is 0 Å². The molecule has 1 heterocycles. The van der Waals surface area contributed by atoms with Gasteiger partial charge in [0.1, 0.15) is 0 Å². The fraction of sp³-hybridized carbons (Fsp3) is 0.412. The van der Waals surface area contributed by atoms with Gasteiger partial charge in [0.2, 0.25) is 0 Å². The lowest BCUT2D eigenvalue weighted by atomic mass is 10.0. The Kier molecular flexibility index (Phi) is 3.31. The van der Waals surface area contributed by atoms with E-state index in [9.17, 15) is 0 Å². The van der Waals surface area contributed by atoms with Gasteiger partial charge in [0, 0.05) is 11.6 Å². The third kappa shape index (κ3) is 2.46. The molecule has 0 bridgehead atoms. The number of hydrogen-bond donors (Lipinski definition) is 0. The zero-order chi connectivity index (χ0) is 14.1. The fourth-order valence-corrected chi connectivity index (χ4v) is 2.49. The molecule has 0 spiro atoms. The summed E-state index contributed by atoms with van der Waals surface area (Å²) in [5, 5.41) is 13.4. The summed E-state index contributed by atoms with van der Waals surface area (Å²) in [6.45, 7) is 4.40. The molecule has 1 aromatic heterocycles. The van der Waals surface area contributed by atoms with Crippen LogP contribution in [0, 0.1) is 11.3 Å². The van der Waals surface area contributed by atoms with Crippen LogP contribution < -0.4 is 0 Å². The first-order chi connectivity index (χ1) is 9.69. The molecule has 0 aliphatic heterocycles. The van der Waals surface area contributed by atoms with E-state index < -0.39 is 0 Å². The van der Waals surface area contributed by atoms with Crippen molar-refractivity contribution in [2.45, 2.75) is 44.9 Å². The van der Waals surface area contributed by atoms with Crippen molar-refractivity contribution in [3.05, 3.63) is 47.3 Å². The van der Waals surface area contributed by atoms with Crippen LogP contribution in [0.1, 0.15) is 55.5 Å². The summed E-state index contributed by atoms with van der Waals surface area (Å²) >= 11 is 0. The van der Waals surface area contributed by atoms with Gasteiger partial charge in [-0.25, -0.2) is 4.68 Å². The minimum atomic E-state index is 0.386. The number of benzene rings is 1. The molecule has 2 aromatic rings. The highest BCUT2D eigenvalue weighted by Gasteiger charge is 2.28. The van der Waals surface area contributed by atoms with Gasteiger partial charge in [0.25, 0.3) is 0 Å². The quantitative estimate of drug-likeness (QED) is 0.840. The van der Waals surface area contributed by atoms with Crippen LogP contribution in [0.25, 0.3) is 5.69 Å². The lowest BCUT2D eigenvalue weighted by molar-refractivity contribution is 0.792. The molecule has 3 heteroatoms. The third-order valence-electron chi connectivity index (χ3n) is 3.85. The average Bonchev–Trinajstić information content (AvgIpc) is 3.21. The largest absolute Gasteiger partial charge is 0.237 e. The second-order valence-electron chi connectivity index (χ2n) is 5.83. The van der Waals surface area contributed by atoms with Gasteiger partial charge in [-0.2, -0.15) is 10.4 Å². The minimum Gasteiger partial charge on any atom is -0.237 e. The van der Waals surface area contributed by atoms with Crippen molar-refractivity contribution in [3.8, 4) is 11.8 Å². The van der Waals surface area contributed by atoms with Crippen molar-refractivity contribution in [2.75, 3.05) is 0 Å². The van der Waals surface area contributed by atoms with Crippen molar-refractivity contribution in [1.82, 2.24) is 9.78 Å². The molecule has 1 aliphatic carbocycles. The van der Waals surface area contributed by atoms with Gasteiger partial charge in [-0.3, -0.25) is 0 Å². The van der Waals surface area contributed by atoms with Gasteiger partial charge < -0.3 is 0 Å². The summed E-state index contributed by atoms with van der Waals surface area (Å²) in [6.07, 6.45) is 2.86. The van der Waals surface area contributed by atoms with Crippen molar-refractivity contribution >= 4 is 0 Å². The minimum absolute atomic E-state index is 0.386. The predicted octanol–water partition coefficient (Wildman–Crippen LogP) is 3.94. The first kappa shape index (κ1) is 12.9. The fourth-order valence-electron chi connectivity index (χ4n) is 2.49. The van der Waals surface area contributed by atoms with E-state index in [1.165, 1.54) is 24.1 Å². The Hall–Kier alpha value is -2.08. The van der Waals surface area contributed by atoms with Gasteiger partial charge in [-0.15, -0.1) is 0 Å². The normalized spacial score (nSPS) is 14.5. The number of nitriles is 1. The van der Waals surface area contributed by atoms with Crippen LogP contribution in [0.5, 0.6) is 0 Å². The Bertz CT molecular complexity index is 640. The van der Waals surface area contributed by atoms with Gasteiger partial charge >= 0.3 is 0 Å². The molecule has 20 heavy (non-hydrogen) atoms. The van der Waals surface area contributed by atoms with E-state index in [1.54, 1.807) is 0 Å². The van der Waals surface area contributed by atoms with Crippen LogP contribution in [0.15, 0.2) is 30.3 Å². The molecule has 0 amide bonds. The second kappa shape index (κ2) is 5.13. The highest BCUT2D eigenvalue weighted by atomic mass is 15.3. The van der Waals surface area contributed by atoms with E-state index in [-0.39, 0.29) is 0 Å². The number of aromatic nitrogens is 2. The molecule has 1 saturated carbocycles. The molecular formula is C17H19N3. The van der Waals surface area contributed by atoms with E-state index in [1.807, 2.05) is 4.68 Å². The second-order valence-corrected chi connectivity index (χ2v) is 5.83. The molecule has 1 aromatic carbocycles. The zero-order valence-electron chi connectivity index (χ0n) is 12.0. The Balaban J connectivity index is 1.97. The predicted molar refractivity (Wildman–Crippen MR) is 78.9 cm³/mol. The Labute approximate surface area is 119 Å². The number of rotatable bonds is 4. The number of hydrogen-bond acceptors (Lipinski definition) is 2. The standard InChI is InChI=1S/C17H19N3/c1-12(2)13-5-7-16(8-6-13)20-17(14-3-4-14)11-15(19-20)9-10-18/h5-8,11-12,14H,3-4,9H2,1-2H3. The molecular weight excluding hydrogens is 246 g/mol. The third-order valence-corrected chi connectivity index (χ3v) is 3.85.